The molecule has 0 saturated heterocycles. The second kappa shape index (κ2) is 12.8. The minimum absolute atomic E-state index is 0.000926. The number of hydrogen-bond acceptors (Lipinski definition) is 2. The Morgan fingerprint density at radius 3 is 2.07 bits per heavy atom. The highest BCUT2D eigenvalue weighted by Crippen LogP contribution is 2.34. The Morgan fingerprint density at radius 1 is 0.900 bits per heavy atom. The van der Waals surface area contributed by atoms with Crippen molar-refractivity contribution in [2.45, 2.75) is 104 Å². The number of benzene rings is 1. The van der Waals surface area contributed by atoms with Crippen LogP contribution in [0.25, 0.3) is 0 Å². The molecular weight excluding hydrogens is 372 g/mol. The molecule has 1 aliphatic carbocycles. The van der Waals surface area contributed by atoms with Crippen molar-refractivity contribution in [1.29, 1.82) is 0 Å². The summed E-state index contributed by atoms with van der Waals surface area (Å²) in [7, 11) is 0. The smallest absolute Gasteiger partial charge is 0.229 e. The molecule has 0 radical (unpaired) electrons. The molecule has 2 amide bonds. The highest BCUT2D eigenvalue weighted by atomic mass is 16.2. The molecule has 0 aromatic heterocycles. The fraction of sp³-hybridized carbons (Fsp3) is 0.692. The highest BCUT2D eigenvalue weighted by molar-refractivity contribution is 5.95. The molecule has 2 atom stereocenters. The van der Waals surface area contributed by atoms with Gasteiger partial charge in [0.05, 0.1) is 5.92 Å². The van der Waals surface area contributed by atoms with Gasteiger partial charge in [0.15, 0.2) is 0 Å². The van der Waals surface area contributed by atoms with Crippen molar-refractivity contribution in [1.82, 2.24) is 5.32 Å². The third-order valence-electron chi connectivity index (χ3n) is 6.26. The van der Waals surface area contributed by atoms with Crippen LogP contribution >= 0.6 is 0 Å². The van der Waals surface area contributed by atoms with Crippen molar-refractivity contribution in [2.75, 3.05) is 5.32 Å². The van der Waals surface area contributed by atoms with Crippen molar-refractivity contribution < 1.29 is 9.59 Å². The van der Waals surface area contributed by atoms with E-state index >= 15 is 0 Å². The standard InChI is InChI=1S/C26H42N2O2/c1-4-5-6-7-8-9-10-11-12-16-19-26(2,3)25(30)28-23-20-22(23)24(29)27-21-17-14-13-15-18-21/h13-15,17-18,22-23H,4-12,16,19-20H2,1-3H3,(H,27,29)(H,28,30). The van der Waals surface area contributed by atoms with Crippen molar-refractivity contribution in [3.05, 3.63) is 30.3 Å². The van der Waals surface area contributed by atoms with Gasteiger partial charge in [-0.15, -0.1) is 0 Å². The number of carbonyl (C=O) groups is 2. The lowest BCUT2D eigenvalue weighted by Gasteiger charge is -2.23. The Hall–Kier alpha value is -1.84. The van der Waals surface area contributed by atoms with Gasteiger partial charge in [-0.25, -0.2) is 0 Å². The lowest BCUT2D eigenvalue weighted by atomic mass is 9.85. The van der Waals surface area contributed by atoms with E-state index in [1.807, 2.05) is 44.2 Å². The molecule has 0 bridgehead atoms. The van der Waals surface area contributed by atoms with E-state index in [9.17, 15) is 9.59 Å². The normalized spacial score (nSPS) is 18.1. The maximum absolute atomic E-state index is 12.7. The van der Waals surface area contributed by atoms with Crippen molar-refractivity contribution in [3.63, 3.8) is 0 Å². The number of carbonyl (C=O) groups excluding carboxylic acids is 2. The van der Waals surface area contributed by atoms with Crippen LogP contribution in [0, 0.1) is 11.3 Å². The van der Waals surface area contributed by atoms with E-state index < -0.39 is 0 Å². The summed E-state index contributed by atoms with van der Waals surface area (Å²) in [6.07, 6.45) is 14.7. The summed E-state index contributed by atoms with van der Waals surface area (Å²) in [6, 6.07) is 9.46. The van der Waals surface area contributed by atoms with Crippen LogP contribution in [0.15, 0.2) is 30.3 Å². The maximum Gasteiger partial charge on any atom is 0.229 e. The van der Waals surface area contributed by atoms with Crippen LogP contribution in [0.3, 0.4) is 0 Å². The molecule has 2 unspecified atom stereocenters. The van der Waals surface area contributed by atoms with Crippen LogP contribution in [-0.4, -0.2) is 17.9 Å². The Kier molecular flexibility index (Phi) is 10.4. The van der Waals surface area contributed by atoms with E-state index in [0.717, 1.165) is 24.9 Å². The quantitative estimate of drug-likeness (QED) is 0.323. The van der Waals surface area contributed by atoms with Gasteiger partial charge in [0.1, 0.15) is 0 Å². The Labute approximate surface area is 183 Å². The number of para-hydroxylation sites is 1. The fourth-order valence-corrected chi connectivity index (χ4v) is 3.93. The molecule has 0 aliphatic heterocycles. The van der Waals surface area contributed by atoms with Gasteiger partial charge < -0.3 is 10.6 Å². The molecule has 30 heavy (non-hydrogen) atoms. The number of nitrogens with one attached hydrogen (secondary N) is 2. The molecule has 1 fully saturated rings. The number of unbranched alkanes of at least 4 members (excludes halogenated alkanes) is 9. The van der Waals surface area contributed by atoms with Gasteiger partial charge in [0.2, 0.25) is 11.8 Å². The zero-order valence-electron chi connectivity index (χ0n) is 19.3. The minimum Gasteiger partial charge on any atom is -0.352 e. The molecule has 0 spiro atoms. The van der Waals surface area contributed by atoms with Crippen LogP contribution in [0.1, 0.15) is 97.8 Å². The van der Waals surface area contributed by atoms with Crippen LogP contribution in [-0.2, 0) is 9.59 Å². The van der Waals surface area contributed by atoms with Crippen LogP contribution in [0.2, 0.25) is 0 Å². The molecular formula is C26H42N2O2. The second-order valence-corrected chi connectivity index (χ2v) is 9.59. The minimum atomic E-state index is -0.372. The van der Waals surface area contributed by atoms with Crippen LogP contribution in [0.4, 0.5) is 5.69 Å². The van der Waals surface area contributed by atoms with Gasteiger partial charge in [0.25, 0.3) is 0 Å². The van der Waals surface area contributed by atoms with Gasteiger partial charge >= 0.3 is 0 Å². The summed E-state index contributed by atoms with van der Waals surface area (Å²) in [5.74, 6) is -0.0280. The average Bonchev–Trinajstić information content (AvgIpc) is 3.49. The van der Waals surface area contributed by atoms with E-state index in [4.69, 9.17) is 0 Å². The van der Waals surface area contributed by atoms with E-state index in [2.05, 4.69) is 17.6 Å². The van der Waals surface area contributed by atoms with E-state index in [0.29, 0.717) is 0 Å². The van der Waals surface area contributed by atoms with Crippen molar-refractivity contribution >= 4 is 17.5 Å². The molecule has 1 aromatic carbocycles. The summed E-state index contributed by atoms with van der Waals surface area (Å²) < 4.78 is 0. The van der Waals surface area contributed by atoms with E-state index in [1.54, 1.807) is 0 Å². The predicted molar refractivity (Wildman–Crippen MR) is 125 cm³/mol. The molecule has 1 saturated carbocycles. The summed E-state index contributed by atoms with van der Waals surface area (Å²) in [5, 5.41) is 6.02. The summed E-state index contributed by atoms with van der Waals surface area (Å²) >= 11 is 0. The number of rotatable bonds is 15. The number of amides is 2. The molecule has 0 heterocycles. The highest BCUT2D eigenvalue weighted by Gasteiger charge is 2.45. The third kappa shape index (κ3) is 8.89. The Balaban J connectivity index is 1.56. The first kappa shape index (κ1) is 24.4. The molecule has 4 nitrogen and oxygen atoms in total. The van der Waals surface area contributed by atoms with Crippen LogP contribution < -0.4 is 10.6 Å². The van der Waals surface area contributed by atoms with Crippen LogP contribution in [0.5, 0.6) is 0 Å². The molecule has 2 N–H and O–H groups in total. The van der Waals surface area contributed by atoms with Crippen molar-refractivity contribution in [3.8, 4) is 0 Å². The Morgan fingerprint density at radius 2 is 1.47 bits per heavy atom. The topological polar surface area (TPSA) is 58.2 Å². The summed E-state index contributed by atoms with van der Waals surface area (Å²) in [6.45, 7) is 6.31. The Bertz CT molecular complexity index is 642. The first-order chi connectivity index (χ1) is 14.4. The largest absolute Gasteiger partial charge is 0.352 e. The lowest BCUT2D eigenvalue weighted by Crippen LogP contribution is -2.39. The molecule has 1 aromatic rings. The molecule has 4 heteroatoms. The summed E-state index contributed by atoms with van der Waals surface area (Å²) in [5.41, 5.74) is 0.434. The SMILES string of the molecule is CCCCCCCCCCCCC(C)(C)C(=O)NC1CC1C(=O)Nc1ccccc1. The molecule has 2 rings (SSSR count). The zero-order valence-corrected chi connectivity index (χ0v) is 19.3. The van der Waals surface area contributed by atoms with Gasteiger partial charge in [0, 0.05) is 17.1 Å². The number of anilines is 1. The monoisotopic (exact) mass is 414 g/mol. The molecule has 168 valence electrons. The van der Waals surface area contributed by atoms with Gasteiger partial charge in [-0.2, -0.15) is 0 Å². The van der Waals surface area contributed by atoms with Gasteiger partial charge in [-0.05, 0) is 25.0 Å². The number of hydrogen-bond donors (Lipinski definition) is 2. The van der Waals surface area contributed by atoms with Gasteiger partial charge in [-0.3, -0.25) is 9.59 Å². The zero-order chi connectivity index (χ0) is 21.8. The van der Waals surface area contributed by atoms with E-state index in [-0.39, 0.29) is 29.2 Å². The lowest BCUT2D eigenvalue weighted by molar-refractivity contribution is -0.130. The maximum atomic E-state index is 12.7. The first-order valence-corrected chi connectivity index (χ1v) is 12.1. The van der Waals surface area contributed by atoms with Crippen molar-refractivity contribution in [2.24, 2.45) is 11.3 Å². The fourth-order valence-electron chi connectivity index (χ4n) is 3.93. The predicted octanol–water partition coefficient (Wildman–Crippen LogP) is 6.47. The molecule has 1 aliphatic rings. The average molecular weight is 415 g/mol. The third-order valence-corrected chi connectivity index (χ3v) is 6.26. The second-order valence-electron chi connectivity index (χ2n) is 9.59. The summed E-state index contributed by atoms with van der Waals surface area (Å²) in [4.78, 5) is 25.0. The van der Waals surface area contributed by atoms with E-state index in [1.165, 1.54) is 57.8 Å². The first-order valence-electron chi connectivity index (χ1n) is 12.1. The van der Waals surface area contributed by atoms with Gasteiger partial charge in [-0.1, -0.05) is 103 Å².